The first kappa shape index (κ1) is 13.9. The van der Waals surface area contributed by atoms with Gasteiger partial charge in [-0.1, -0.05) is 30.1 Å². The highest BCUT2D eigenvalue weighted by molar-refractivity contribution is 6.42. The van der Waals surface area contributed by atoms with Crippen molar-refractivity contribution in [1.82, 2.24) is 5.32 Å². The zero-order chi connectivity index (χ0) is 12.8. The third-order valence-electron chi connectivity index (χ3n) is 1.98. The van der Waals surface area contributed by atoms with Crippen molar-refractivity contribution >= 4 is 34.8 Å². The van der Waals surface area contributed by atoms with Gasteiger partial charge < -0.3 is 15.8 Å². The van der Waals surface area contributed by atoms with Crippen LogP contribution in [0.15, 0.2) is 12.1 Å². The predicted octanol–water partition coefficient (Wildman–Crippen LogP) is 2.48. The van der Waals surface area contributed by atoms with Gasteiger partial charge in [-0.2, -0.15) is 0 Å². The van der Waals surface area contributed by atoms with Crippen LogP contribution in [0.25, 0.3) is 0 Å². The third-order valence-corrected chi connectivity index (χ3v) is 2.71. The number of halogens is 2. The first-order valence-electron chi connectivity index (χ1n) is 5.18. The quantitative estimate of drug-likeness (QED) is 0.813. The number of rotatable bonds is 5. The predicted molar refractivity (Wildman–Crippen MR) is 69.7 cm³/mol. The van der Waals surface area contributed by atoms with Crippen molar-refractivity contribution in [3.8, 4) is 5.75 Å². The number of anilines is 1. The number of carbonyl (C=O) groups excluding carboxylic acids is 1. The molecule has 1 rings (SSSR count). The van der Waals surface area contributed by atoms with E-state index in [0.717, 1.165) is 6.42 Å². The second kappa shape index (κ2) is 6.57. The lowest BCUT2D eigenvalue weighted by atomic mass is 10.3. The Labute approximate surface area is 110 Å². The zero-order valence-corrected chi connectivity index (χ0v) is 10.9. The summed E-state index contributed by atoms with van der Waals surface area (Å²) in [5, 5.41) is 3.38. The summed E-state index contributed by atoms with van der Waals surface area (Å²) in [4.78, 5) is 11.3. The highest BCUT2D eigenvalue weighted by Gasteiger charge is 2.08. The highest BCUT2D eigenvalue weighted by Crippen LogP contribution is 2.32. The Hall–Kier alpha value is -1.13. The molecule has 3 N–H and O–H groups in total. The lowest BCUT2D eigenvalue weighted by Crippen LogP contribution is -2.29. The number of hydrogen-bond acceptors (Lipinski definition) is 3. The lowest BCUT2D eigenvalue weighted by molar-refractivity contribution is -0.123. The van der Waals surface area contributed by atoms with Gasteiger partial charge in [-0.05, 0) is 12.5 Å². The maximum Gasteiger partial charge on any atom is 0.257 e. The van der Waals surface area contributed by atoms with Crippen LogP contribution in [0.2, 0.25) is 10.0 Å². The van der Waals surface area contributed by atoms with Crippen molar-refractivity contribution < 1.29 is 9.53 Å². The van der Waals surface area contributed by atoms with Gasteiger partial charge in [0.2, 0.25) is 0 Å². The fraction of sp³-hybridized carbons (Fsp3) is 0.364. The number of nitrogens with one attached hydrogen (secondary N) is 1. The van der Waals surface area contributed by atoms with Crippen LogP contribution in [0.5, 0.6) is 5.75 Å². The minimum Gasteiger partial charge on any atom is -0.482 e. The number of carbonyl (C=O) groups is 1. The Kier molecular flexibility index (Phi) is 5.38. The number of hydrogen-bond donors (Lipinski definition) is 2. The summed E-state index contributed by atoms with van der Waals surface area (Å²) in [6.45, 7) is 2.50. The van der Waals surface area contributed by atoms with Crippen molar-refractivity contribution in [1.29, 1.82) is 0 Å². The molecule has 0 spiro atoms. The molecule has 0 aliphatic heterocycles. The molecule has 4 nitrogen and oxygen atoms in total. The van der Waals surface area contributed by atoms with Crippen molar-refractivity contribution in [3.63, 3.8) is 0 Å². The van der Waals surface area contributed by atoms with Gasteiger partial charge in [0, 0.05) is 12.6 Å². The molecule has 0 aliphatic carbocycles. The largest absolute Gasteiger partial charge is 0.482 e. The van der Waals surface area contributed by atoms with Gasteiger partial charge in [0.15, 0.2) is 6.61 Å². The fourth-order valence-electron chi connectivity index (χ4n) is 1.13. The molecule has 0 saturated carbocycles. The van der Waals surface area contributed by atoms with E-state index in [1.807, 2.05) is 6.92 Å². The van der Waals surface area contributed by atoms with Crippen LogP contribution in [0.4, 0.5) is 5.69 Å². The van der Waals surface area contributed by atoms with E-state index in [2.05, 4.69) is 5.32 Å². The van der Waals surface area contributed by atoms with Crippen molar-refractivity contribution in [3.05, 3.63) is 22.2 Å². The van der Waals surface area contributed by atoms with E-state index in [1.54, 1.807) is 0 Å². The van der Waals surface area contributed by atoms with Crippen molar-refractivity contribution in [2.75, 3.05) is 18.9 Å². The molecule has 6 heteroatoms. The number of amides is 1. The number of ether oxygens (including phenoxy) is 1. The van der Waals surface area contributed by atoms with Gasteiger partial charge in [-0.3, -0.25) is 4.79 Å². The summed E-state index contributed by atoms with van der Waals surface area (Å²) < 4.78 is 5.25. The standard InChI is InChI=1S/C11H14Cl2N2O2/c1-2-3-15-11(16)6-17-10-5-8(13)7(12)4-9(10)14/h4-5H,2-3,6,14H2,1H3,(H,15,16). The van der Waals surface area contributed by atoms with E-state index in [9.17, 15) is 4.79 Å². The molecule has 0 atom stereocenters. The smallest absolute Gasteiger partial charge is 0.257 e. The van der Waals surface area contributed by atoms with Crippen molar-refractivity contribution in [2.24, 2.45) is 0 Å². The van der Waals surface area contributed by atoms with Crippen LogP contribution in [0.1, 0.15) is 13.3 Å². The van der Waals surface area contributed by atoms with Crippen LogP contribution in [-0.2, 0) is 4.79 Å². The molecule has 0 fully saturated rings. The highest BCUT2D eigenvalue weighted by atomic mass is 35.5. The fourth-order valence-corrected chi connectivity index (χ4v) is 1.45. The summed E-state index contributed by atoms with van der Waals surface area (Å²) in [7, 11) is 0. The summed E-state index contributed by atoms with van der Waals surface area (Å²) >= 11 is 11.6. The Balaban J connectivity index is 2.57. The molecule has 0 unspecified atom stereocenters. The van der Waals surface area contributed by atoms with E-state index in [1.165, 1.54) is 12.1 Å². The van der Waals surface area contributed by atoms with Crippen LogP contribution >= 0.6 is 23.2 Å². The minimum absolute atomic E-state index is 0.0951. The second-order valence-corrected chi connectivity index (χ2v) is 4.26. The third kappa shape index (κ3) is 4.32. The molecular formula is C11H14Cl2N2O2. The first-order valence-corrected chi connectivity index (χ1v) is 5.94. The van der Waals surface area contributed by atoms with E-state index < -0.39 is 0 Å². The van der Waals surface area contributed by atoms with Gasteiger partial charge in [0.1, 0.15) is 5.75 Å². The van der Waals surface area contributed by atoms with Crippen LogP contribution in [0, 0.1) is 0 Å². The molecule has 17 heavy (non-hydrogen) atoms. The summed E-state index contributed by atoms with van der Waals surface area (Å²) in [5.74, 6) is 0.156. The zero-order valence-electron chi connectivity index (χ0n) is 9.43. The van der Waals surface area contributed by atoms with E-state index in [-0.39, 0.29) is 12.5 Å². The number of benzene rings is 1. The molecule has 0 heterocycles. The molecule has 94 valence electrons. The Morgan fingerprint density at radius 3 is 2.71 bits per heavy atom. The van der Waals surface area contributed by atoms with Crippen molar-refractivity contribution in [2.45, 2.75) is 13.3 Å². The monoisotopic (exact) mass is 276 g/mol. The van der Waals surface area contributed by atoms with Crippen LogP contribution in [0.3, 0.4) is 0 Å². The van der Waals surface area contributed by atoms with E-state index in [4.69, 9.17) is 33.7 Å². The number of nitrogens with two attached hydrogens (primary N) is 1. The van der Waals surface area contributed by atoms with Gasteiger partial charge >= 0.3 is 0 Å². The molecule has 1 amide bonds. The second-order valence-electron chi connectivity index (χ2n) is 3.44. The van der Waals surface area contributed by atoms with Crippen LogP contribution in [-0.4, -0.2) is 19.1 Å². The number of nitrogen functional groups attached to an aromatic ring is 1. The van der Waals surface area contributed by atoms with E-state index >= 15 is 0 Å². The summed E-state index contributed by atoms with van der Waals surface area (Å²) in [6, 6.07) is 2.98. The summed E-state index contributed by atoms with van der Waals surface area (Å²) in [6.07, 6.45) is 0.876. The molecule has 0 saturated heterocycles. The molecule has 0 aromatic heterocycles. The lowest BCUT2D eigenvalue weighted by Gasteiger charge is -2.10. The van der Waals surface area contributed by atoms with E-state index in [0.29, 0.717) is 28.0 Å². The summed E-state index contributed by atoms with van der Waals surface area (Å²) in [5.41, 5.74) is 6.03. The Bertz CT molecular complexity index is 411. The average molecular weight is 277 g/mol. The van der Waals surface area contributed by atoms with Crippen LogP contribution < -0.4 is 15.8 Å². The SMILES string of the molecule is CCCNC(=O)COc1cc(Cl)c(Cl)cc1N. The molecule has 0 aliphatic rings. The van der Waals surface area contributed by atoms with Gasteiger partial charge in [-0.25, -0.2) is 0 Å². The maximum absolute atomic E-state index is 11.3. The Morgan fingerprint density at radius 1 is 1.41 bits per heavy atom. The maximum atomic E-state index is 11.3. The van der Waals surface area contributed by atoms with Gasteiger partial charge in [0.05, 0.1) is 15.7 Å². The normalized spacial score (nSPS) is 10.1. The molecule has 1 aromatic rings. The van der Waals surface area contributed by atoms with Gasteiger partial charge in [0.25, 0.3) is 5.91 Å². The Morgan fingerprint density at radius 2 is 2.06 bits per heavy atom. The van der Waals surface area contributed by atoms with Gasteiger partial charge in [-0.15, -0.1) is 0 Å². The first-order chi connectivity index (χ1) is 8.04. The molecule has 0 radical (unpaired) electrons. The topological polar surface area (TPSA) is 64.3 Å². The minimum atomic E-state index is -0.197. The molecular weight excluding hydrogens is 263 g/mol. The average Bonchev–Trinajstić information content (AvgIpc) is 2.29. The molecule has 1 aromatic carbocycles. The molecule has 0 bridgehead atoms.